The minimum absolute atomic E-state index is 0.664. The number of para-hydroxylation sites is 1. The molecule has 1 heterocycles. The summed E-state index contributed by atoms with van der Waals surface area (Å²) in [6.45, 7) is 4.76. The highest BCUT2D eigenvalue weighted by Crippen LogP contribution is 2.33. The van der Waals surface area contributed by atoms with E-state index in [2.05, 4.69) is 36.2 Å². The summed E-state index contributed by atoms with van der Waals surface area (Å²) < 4.78 is 5.85. The molecule has 0 fully saturated rings. The van der Waals surface area contributed by atoms with Crippen molar-refractivity contribution >= 4 is 21.8 Å². The zero-order chi connectivity index (χ0) is 12.5. The van der Waals surface area contributed by atoms with Gasteiger partial charge in [0.2, 0.25) is 0 Å². The van der Waals surface area contributed by atoms with Crippen molar-refractivity contribution in [2.24, 2.45) is 0 Å². The van der Waals surface area contributed by atoms with Crippen LogP contribution in [0.2, 0.25) is 0 Å². The predicted molar refractivity (Wildman–Crippen MR) is 75.2 cm³/mol. The lowest BCUT2D eigenvalue weighted by molar-refractivity contribution is 0.348. The van der Waals surface area contributed by atoms with Crippen molar-refractivity contribution in [3.8, 4) is 5.75 Å². The number of ether oxygens (including phenoxy) is 1. The molecule has 3 aromatic rings. The minimum Gasteiger partial charge on any atom is -0.492 e. The molecular formula is C16H15NO. The molecule has 2 heteroatoms. The van der Waals surface area contributed by atoms with Gasteiger partial charge in [-0.2, -0.15) is 0 Å². The van der Waals surface area contributed by atoms with E-state index < -0.39 is 0 Å². The number of aromatic nitrogens is 1. The fourth-order valence-corrected chi connectivity index (χ4v) is 2.27. The van der Waals surface area contributed by atoms with Gasteiger partial charge in [-0.25, -0.2) is 4.98 Å². The van der Waals surface area contributed by atoms with Crippen LogP contribution in [-0.2, 0) is 0 Å². The summed E-state index contributed by atoms with van der Waals surface area (Å²) in [6.07, 6.45) is 0. The topological polar surface area (TPSA) is 22.1 Å². The van der Waals surface area contributed by atoms with E-state index in [1.54, 1.807) is 0 Å². The Labute approximate surface area is 106 Å². The molecule has 0 radical (unpaired) electrons. The minimum atomic E-state index is 0.664. The highest BCUT2D eigenvalue weighted by atomic mass is 16.5. The molecular weight excluding hydrogens is 222 g/mol. The van der Waals surface area contributed by atoms with Crippen LogP contribution in [0, 0.1) is 6.92 Å². The number of benzene rings is 2. The molecule has 0 saturated carbocycles. The van der Waals surface area contributed by atoms with E-state index in [9.17, 15) is 0 Å². The molecule has 18 heavy (non-hydrogen) atoms. The number of rotatable bonds is 2. The SMILES string of the molecule is CCOc1c2ccccc2nc2ccc(C)cc12. The van der Waals surface area contributed by atoms with E-state index in [1.165, 1.54) is 5.56 Å². The van der Waals surface area contributed by atoms with Gasteiger partial charge in [-0.3, -0.25) is 0 Å². The molecule has 0 atom stereocenters. The molecule has 2 aromatic carbocycles. The van der Waals surface area contributed by atoms with E-state index in [4.69, 9.17) is 4.74 Å². The lowest BCUT2D eigenvalue weighted by Crippen LogP contribution is -1.95. The zero-order valence-electron chi connectivity index (χ0n) is 10.6. The number of nitrogens with zero attached hydrogens (tertiary/aromatic N) is 1. The van der Waals surface area contributed by atoms with Gasteiger partial charge in [-0.1, -0.05) is 23.8 Å². The number of hydrogen-bond acceptors (Lipinski definition) is 2. The lowest BCUT2D eigenvalue weighted by Gasteiger charge is -2.11. The van der Waals surface area contributed by atoms with Crippen molar-refractivity contribution in [3.63, 3.8) is 0 Å². The van der Waals surface area contributed by atoms with Gasteiger partial charge >= 0.3 is 0 Å². The first-order valence-electron chi connectivity index (χ1n) is 6.21. The summed E-state index contributed by atoms with van der Waals surface area (Å²) in [5, 5.41) is 2.17. The van der Waals surface area contributed by atoms with Gasteiger partial charge in [0.25, 0.3) is 0 Å². The highest BCUT2D eigenvalue weighted by Gasteiger charge is 2.09. The average Bonchev–Trinajstić information content (AvgIpc) is 2.39. The van der Waals surface area contributed by atoms with Crippen molar-refractivity contribution < 1.29 is 4.74 Å². The monoisotopic (exact) mass is 237 g/mol. The van der Waals surface area contributed by atoms with Gasteiger partial charge < -0.3 is 4.74 Å². The molecule has 0 aliphatic carbocycles. The average molecular weight is 237 g/mol. The molecule has 0 spiro atoms. The fourth-order valence-electron chi connectivity index (χ4n) is 2.27. The van der Waals surface area contributed by atoms with Crippen LogP contribution in [0.15, 0.2) is 42.5 Å². The Hall–Kier alpha value is -2.09. The molecule has 0 bridgehead atoms. The second kappa shape index (κ2) is 4.30. The van der Waals surface area contributed by atoms with E-state index in [1.807, 2.05) is 25.1 Å². The summed E-state index contributed by atoms with van der Waals surface area (Å²) in [7, 11) is 0. The maximum Gasteiger partial charge on any atom is 0.138 e. The highest BCUT2D eigenvalue weighted by molar-refractivity contribution is 6.01. The zero-order valence-corrected chi connectivity index (χ0v) is 10.6. The third kappa shape index (κ3) is 1.70. The van der Waals surface area contributed by atoms with Crippen LogP contribution in [-0.4, -0.2) is 11.6 Å². The van der Waals surface area contributed by atoms with E-state index in [0.717, 1.165) is 27.6 Å². The smallest absolute Gasteiger partial charge is 0.138 e. The van der Waals surface area contributed by atoms with Crippen molar-refractivity contribution in [1.29, 1.82) is 0 Å². The van der Waals surface area contributed by atoms with Gasteiger partial charge in [0, 0.05) is 10.8 Å². The maximum atomic E-state index is 5.85. The fraction of sp³-hybridized carbons (Fsp3) is 0.188. The Balaban J connectivity index is 2.46. The number of hydrogen-bond donors (Lipinski definition) is 0. The van der Waals surface area contributed by atoms with Crippen LogP contribution in [0.5, 0.6) is 5.75 Å². The van der Waals surface area contributed by atoms with E-state index >= 15 is 0 Å². The van der Waals surface area contributed by atoms with E-state index in [0.29, 0.717) is 6.61 Å². The van der Waals surface area contributed by atoms with Crippen LogP contribution in [0.4, 0.5) is 0 Å². The molecule has 3 rings (SSSR count). The summed E-state index contributed by atoms with van der Waals surface area (Å²) in [6, 6.07) is 14.4. The van der Waals surface area contributed by atoms with Gasteiger partial charge in [0.05, 0.1) is 17.6 Å². The second-order valence-corrected chi connectivity index (χ2v) is 4.41. The molecule has 0 aliphatic rings. The second-order valence-electron chi connectivity index (χ2n) is 4.41. The van der Waals surface area contributed by atoms with Crippen LogP contribution in [0.25, 0.3) is 21.8 Å². The van der Waals surface area contributed by atoms with E-state index in [-0.39, 0.29) is 0 Å². The van der Waals surface area contributed by atoms with Gasteiger partial charge in [0.15, 0.2) is 0 Å². The van der Waals surface area contributed by atoms with Crippen LogP contribution in [0.3, 0.4) is 0 Å². The summed E-state index contributed by atoms with van der Waals surface area (Å²) in [5.74, 6) is 0.946. The largest absolute Gasteiger partial charge is 0.492 e. The molecule has 0 saturated heterocycles. The molecule has 2 nitrogen and oxygen atoms in total. The molecule has 0 aliphatic heterocycles. The van der Waals surface area contributed by atoms with Crippen molar-refractivity contribution in [2.75, 3.05) is 6.61 Å². The Kier molecular flexibility index (Phi) is 2.63. The molecule has 0 unspecified atom stereocenters. The van der Waals surface area contributed by atoms with Crippen molar-refractivity contribution in [2.45, 2.75) is 13.8 Å². The first kappa shape index (κ1) is 11.0. The van der Waals surface area contributed by atoms with Gasteiger partial charge in [-0.15, -0.1) is 0 Å². The molecule has 0 amide bonds. The molecule has 0 N–H and O–H groups in total. The standard InChI is InChI=1S/C16H15NO/c1-3-18-16-12-6-4-5-7-14(12)17-15-9-8-11(2)10-13(15)16/h4-10H,3H2,1-2H3. The first-order chi connectivity index (χ1) is 8.79. The van der Waals surface area contributed by atoms with Gasteiger partial charge in [-0.05, 0) is 38.1 Å². The Morgan fingerprint density at radius 2 is 1.78 bits per heavy atom. The van der Waals surface area contributed by atoms with Crippen LogP contribution < -0.4 is 4.74 Å². The summed E-state index contributed by atoms with van der Waals surface area (Å²) in [4.78, 5) is 4.68. The number of aryl methyl sites for hydroxylation is 1. The number of pyridine rings is 1. The molecule has 90 valence electrons. The Bertz CT molecular complexity index is 719. The third-order valence-electron chi connectivity index (χ3n) is 3.07. The first-order valence-corrected chi connectivity index (χ1v) is 6.21. The number of fused-ring (bicyclic) bond motifs is 2. The Morgan fingerprint density at radius 3 is 2.61 bits per heavy atom. The van der Waals surface area contributed by atoms with Crippen LogP contribution in [0.1, 0.15) is 12.5 Å². The lowest BCUT2D eigenvalue weighted by atomic mass is 10.1. The summed E-state index contributed by atoms with van der Waals surface area (Å²) >= 11 is 0. The Morgan fingerprint density at radius 1 is 1.00 bits per heavy atom. The quantitative estimate of drug-likeness (QED) is 0.626. The van der Waals surface area contributed by atoms with Gasteiger partial charge in [0.1, 0.15) is 5.75 Å². The predicted octanol–water partition coefficient (Wildman–Crippen LogP) is 4.10. The summed E-state index contributed by atoms with van der Waals surface area (Å²) in [5.41, 5.74) is 3.19. The normalized spacial score (nSPS) is 11.0. The van der Waals surface area contributed by atoms with Crippen molar-refractivity contribution in [1.82, 2.24) is 4.98 Å². The van der Waals surface area contributed by atoms with Crippen LogP contribution >= 0.6 is 0 Å². The van der Waals surface area contributed by atoms with Crippen molar-refractivity contribution in [3.05, 3.63) is 48.0 Å². The molecule has 1 aromatic heterocycles. The maximum absolute atomic E-state index is 5.85. The third-order valence-corrected chi connectivity index (χ3v) is 3.07.